The van der Waals surface area contributed by atoms with Crippen molar-refractivity contribution in [1.82, 2.24) is 9.97 Å². The lowest BCUT2D eigenvalue weighted by molar-refractivity contribution is 0.378. The zero-order valence-electron chi connectivity index (χ0n) is 13.2. The lowest BCUT2D eigenvalue weighted by Gasteiger charge is -2.12. The highest BCUT2D eigenvalue weighted by atomic mass is 35.5. The van der Waals surface area contributed by atoms with Crippen LogP contribution in [0.15, 0.2) is 48.5 Å². The number of ether oxygens (including phenoxy) is 2. The third-order valence-electron chi connectivity index (χ3n) is 3.42. The van der Waals surface area contributed by atoms with Gasteiger partial charge >= 0.3 is 0 Å². The summed E-state index contributed by atoms with van der Waals surface area (Å²) in [7, 11) is 1.53. The van der Waals surface area contributed by atoms with Gasteiger partial charge in [0.25, 0.3) is 0 Å². The van der Waals surface area contributed by atoms with E-state index in [1.807, 2.05) is 6.07 Å². The van der Waals surface area contributed by atoms with E-state index < -0.39 is 0 Å². The van der Waals surface area contributed by atoms with Crippen LogP contribution in [0.25, 0.3) is 0 Å². The van der Waals surface area contributed by atoms with Crippen molar-refractivity contribution in [3.8, 4) is 17.2 Å². The minimum atomic E-state index is -0.340. The predicted octanol–water partition coefficient (Wildman–Crippen LogP) is 5.31. The minimum Gasteiger partial charge on any atom is -0.493 e. The van der Waals surface area contributed by atoms with Crippen molar-refractivity contribution in [1.29, 1.82) is 0 Å². The number of rotatable bonds is 5. The fourth-order valence-electron chi connectivity index (χ4n) is 2.23. The molecule has 0 unspecified atom stereocenters. The van der Waals surface area contributed by atoms with E-state index in [9.17, 15) is 4.39 Å². The van der Waals surface area contributed by atoms with Gasteiger partial charge in [0.15, 0.2) is 21.8 Å². The topological polar surface area (TPSA) is 44.2 Å². The Labute approximate surface area is 154 Å². The van der Waals surface area contributed by atoms with Crippen molar-refractivity contribution < 1.29 is 13.9 Å². The second-order valence-electron chi connectivity index (χ2n) is 5.07. The fraction of sp³-hybridized carbons (Fsp3) is 0.111. The summed E-state index contributed by atoms with van der Waals surface area (Å²) in [5.74, 6) is 1.02. The zero-order valence-corrected chi connectivity index (χ0v) is 14.7. The predicted molar refractivity (Wildman–Crippen MR) is 94.3 cm³/mol. The first kappa shape index (κ1) is 17.5. The van der Waals surface area contributed by atoms with Crippen LogP contribution < -0.4 is 9.47 Å². The van der Waals surface area contributed by atoms with Crippen LogP contribution in [-0.4, -0.2) is 17.1 Å². The van der Waals surface area contributed by atoms with Crippen molar-refractivity contribution in [2.24, 2.45) is 0 Å². The maximum Gasteiger partial charge on any atom is 0.202 e. The third kappa shape index (κ3) is 4.00. The smallest absolute Gasteiger partial charge is 0.202 e. The molecule has 0 spiro atoms. The van der Waals surface area contributed by atoms with Crippen LogP contribution in [-0.2, 0) is 6.42 Å². The van der Waals surface area contributed by atoms with Crippen LogP contribution in [0.1, 0.15) is 11.4 Å². The number of aromatic nitrogens is 2. The monoisotopic (exact) mass is 378 g/mol. The molecule has 0 bridgehead atoms. The van der Waals surface area contributed by atoms with E-state index in [1.165, 1.54) is 13.2 Å². The lowest BCUT2D eigenvalue weighted by atomic mass is 10.1. The Balaban J connectivity index is 1.89. The van der Waals surface area contributed by atoms with E-state index in [0.717, 1.165) is 0 Å². The van der Waals surface area contributed by atoms with Crippen LogP contribution in [0.5, 0.6) is 17.2 Å². The Morgan fingerprint density at radius 2 is 1.52 bits per heavy atom. The van der Waals surface area contributed by atoms with E-state index in [4.69, 9.17) is 32.7 Å². The molecular weight excluding hydrogens is 366 g/mol. The highest BCUT2D eigenvalue weighted by Gasteiger charge is 2.17. The van der Waals surface area contributed by atoms with Gasteiger partial charge in [-0.25, -0.2) is 14.4 Å². The number of methoxy groups -OCH3 is 1. The lowest BCUT2D eigenvalue weighted by Crippen LogP contribution is -2.02. The summed E-state index contributed by atoms with van der Waals surface area (Å²) in [4.78, 5) is 8.32. The zero-order chi connectivity index (χ0) is 17.8. The molecule has 7 heteroatoms. The number of halogens is 3. The summed E-state index contributed by atoms with van der Waals surface area (Å²) < 4.78 is 24.7. The van der Waals surface area contributed by atoms with Gasteiger partial charge in [-0.05, 0) is 23.8 Å². The Morgan fingerprint density at radius 1 is 0.920 bits per heavy atom. The average Bonchev–Trinajstić information content (AvgIpc) is 2.60. The second-order valence-corrected chi connectivity index (χ2v) is 5.79. The number of hydrogen-bond acceptors (Lipinski definition) is 4. The maximum atomic E-state index is 13.8. The number of nitrogens with zero attached hydrogens (tertiary/aromatic N) is 2. The molecule has 128 valence electrons. The van der Waals surface area contributed by atoms with Crippen molar-refractivity contribution in [3.05, 3.63) is 76.0 Å². The Hall–Kier alpha value is -2.37. The SMILES string of the molecule is COc1ccccc1Oc1c(Cl)nc(Cc2ccccc2F)nc1Cl. The molecule has 0 radical (unpaired) electrons. The first-order valence-electron chi connectivity index (χ1n) is 7.34. The molecule has 0 aliphatic heterocycles. The molecule has 25 heavy (non-hydrogen) atoms. The van der Waals surface area contributed by atoms with Gasteiger partial charge in [-0.2, -0.15) is 0 Å². The molecule has 3 aromatic rings. The van der Waals surface area contributed by atoms with Crippen LogP contribution >= 0.6 is 23.2 Å². The van der Waals surface area contributed by atoms with Gasteiger partial charge in [0.2, 0.25) is 5.75 Å². The molecule has 0 atom stereocenters. The first-order chi connectivity index (χ1) is 12.1. The van der Waals surface area contributed by atoms with Gasteiger partial charge in [0.05, 0.1) is 7.11 Å². The molecular formula is C18H13Cl2FN2O2. The molecule has 1 aromatic heterocycles. The molecule has 0 aliphatic carbocycles. The van der Waals surface area contributed by atoms with Crippen LogP contribution in [0.4, 0.5) is 4.39 Å². The molecule has 0 fully saturated rings. The molecule has 3 rings (SSSR count). The molecule has 0 aliphatic rings. The summed E-state index contributed by atoms with van der Waals surface area (Å²) in [6.07, 6.45) is 0.168. The number of hydrogen-bond donors (Lipinski definition) is 0. The summed E-state index contributed by atoms with van der Waals surface area (Å²) in [6.45, 7) is 0. The Bertz CT molecular complexity index is 883. The van der Waals surface area contributed by atoms with Crippen molar-refractivity contribution in [2.75, 3.05) is 7.11 Å². The second kappa shape index (κ2) is 7.68. The maximum absolute atomic E-state index is 13.8. The van der Waals surface area contributed by atoms with Gasteiger partial charge in [-0.1, -0.05) is 53.5 Å². The van der Waals surface area contributed by atoms with Crippen LogP contribution in [0.3, 0.4) is 0 Å². The van der Waals surface area contributed by atoms with Gasteiger partial charge in [-0.15, -0.1) is 0 Å². The number of para-hydroxylation sites is 2. The molecule has 1 heterocycles. The summed E-state index contributed by atoms with van der Waals surface area (Å²) in [5, 5.41) is 0.0782. The van der Waals surface area contributed by atoms with Gasteiger partial charge in [0, 0.05) is 6.42 Å². The highest BCUT2D eigenvalue weighted by Crippen LogP contribution is 2.37. The fourth-order valence-corrected chi connectivity index (χ4v) is 2.73. The minimum absolute atomic E-state index is 0.0391. The van der Waals surface area contributed by atoms with E-state index in [2.05, 4.69) is 9.97 Å². The molecule has 0 amide bonds. The van der Waals surface area contributed by atoms with Gasteiger partial charge in [-0.3, -0.25) is 0 Å². The van der Waals surface area contributed by atoms with Gasteiger partial charge < -0.3 is 9.47 Å². The van der Waals surface area contributed by atoms with E-state index in [-0.39, 0.29) is 28.3 Å². The normalized spacial score (nSPS) is 10.6. The van der Waals surface area contributed by atoms with Crippen LogP contribution in [0.2, 0.25) is 10.3 Å². The van der Waals surface area contributed by atoms with Crippen LogP contribution in [0, 0.1) is 5.82 Å². The van der Waals surface area contributed by atoms with Crippen molar-refractivity contribution in [2.45, 2.75) is 6.42 Å². The Morgan fingerprint density at radius 3 is 2.16 bits per heavy atom. The quantitative estimate of drug-likeness (QED) is 0.564. The van der Waals surface area contributed by atoms with Crippen molar-refractivity contribution >= 4 is 23.2 Å². The molecule has 0 N–H and O–H groups in total. The summed E-state index contributed by atoms with van der Waals surface area (Å²) in [6, 6.07) is 13.4. The van der Waals surface area contributed by atoms with Crippen molar-refractivity contribution in [3.63, 3.8) is 0 Å². The third-order valence-corrected chi connectivity index (χ3v) is 3.93. The molecule has 0 saturated carbocycles. The molecule has 0 saturated heterocycles. The largest absolute Gasteiger partial charge is 0.493 e. The standard InChI is InChI=1S/C18H13Cl2FN2O2/c1-24-13-8-4-5-9-14(13)25-16-17(19)22-15(23-18(16)20)10-11-6-2-3-7-12(11)21/h2-9H,10H2,1H3. The number of benzene rings is 2. The van der Waals surface area contributed by atoms with Gasteiger partial charge in [0.1, 0.15) is 11.6 Å². The first-order valence-corrected chi connectivity index (χ1v) is 8.10. The Kier molecular flexibility index (Phi) is 5.36. The highest BCUT2D eigenvalue weighted by molar-refractivity contribution is 6.35. The molecule has 4 nitrogen and oxygen atoms in total. The average molecular weight is 379 g/mol. The van der Waals surface area contributed by atoms with E-state index in [0.29, 0.717) is 22.9 Å². The van der Waals surface area contributed by atoms with E-state index in [1.54, 1.807) is 36.4 Å². The summed E-state index contributed by atoms with van der Waals surface area (Å²) >= 11 is 12.4. The summed E-state index contributed by atoms with van der Waals surface area (Å²) in [5.41, 5.74) is 0.452. The molecule has 2 aromatic carbocycles. The van der Waals surface area contributed by atoms with E-state index >= 15 is 0 Å².